The Morgan fingerprint density at radius 3 is 1.87 bits per heavy atom. The van der Waals surface area contributed by atoms with Crippen molar-refractivity contribution in [1.82, 2.24) is 9.34 Å². The maximum atomic E-state index is 12.9. The van der Waals surface area contributed by atoms with Gasteiger partial charge in [-0.15, -0.1) is 0 Å². The Hall–Kier alpha value is -0.340. The van der Waals surface area contributed by atoms with Gasteiger partial charge in [0.2, 0.25) is 7.44 Å². The van der Waals surface area contributed by atoms with Crippen molar-refractivity contribution in [3.63, 3.8) is 0 Å². The van der Waals surface area contributed by atoms with Gasteiger partial charge in [-0.3, -0.25) is 4.57 Å². The van der Waals surface area contributed by atoms with Gasteiger partial charge < -0.3 is 0 Å². The van der Waals surface area contributed by atoms with Gasteiger partial charge in [-0.1, -0.05) is 11.6 Å². The Morgan fingerprint density at radius 1 is 1.00 bits per heavy atom. The molecule has 0 saturated carbocycles. The molecule has 0 N–H and O–H groups in total. The van der Waals surface area contributed by atoms with Crippen LogP contribution in [0.4, 0.5) is 0 Å². The Morgan fingerprint density at radius 2 is 1.47 bits per heavy atom. The van der Waals surface area contributed by atoms with Gasteiger partial charge in [0.1, 0.15) is 0 Å². The minimum atomic E-state index is -2.41. The largest absolute Gasteiger partial charge is 0.284 e. The van der Waals surface area contributed by atoms with Gasteiger partial charge in [0.05, 0.1) is 0 Å². The summed E-state index contributed by atoms with van der Waals surface area (Å²) < 4.78 is 17.0. The number of nitrogens with zero attached hydrogens (tertiary/aromatic N) is 2. The van der Waals surface area contributed by atoms with Crippen molar-refractivity contribution in [2.24, 2.45) is 0 Å². The third-order valence-electron chi connectivity index (χ3n) is 2.78. The van der Waals surface area contributed by atoms with E-state index in [0.29, 0.717) is 5.02 Å². The molecule has 0 aliphatic carbocycles. The highest BCUT2D eigenvalue weighted by atomic mass is 35.5. The zero-order valence-corrected chi connectivity index (χ0v) is 9.92. The van der Waals surface area contributed by atoms with Crippen molar-refractivity contribution in [3.05, 3.63) is 29.3 Å². The van der Waals surface area contributed by atoms with E-state index in [2.05, 4.69) is 9.34 Å². The molecule has 2 aliphatic heterocycles. The van der Waals surface area contributed by atoms with Gasteiger partial charge in [0, 0.05) is 36.5 Å². The summed E-state index contributed by atoms with van der Waals surface area (Å²) in [7, 11) is -2.41. The molecule has 1 aromatic rings. The molecule has 0 bridgehead atoms. The number of hydrogen-bond acceptors (Lipinski definition) is 1. The molecule has 0 unspecified atom stereocenters. The average molecular weight is 243 g/mol. The second-order valence-electron chi connectivity index (χ2n) is 3.93. The van der Waals surface area contributed by atoms with E-state index in [1.807, 2.05) is 24.3 Å². The lowest BCUT2D eigenvalue weighted by Gasteiger charge is -2.20. The van der Waals surface area contributed by atoms with Crippen LogP contribution in [-0.2, 0) is 4.57 Å². The van der Waals surface area contributed by atoms with Gasteiger partial charge in [-0.25, -0.2) is 9.34 Å². The van der Waals surface area contributed by atoms with E-state index in [1.165, 1.54) is 0 Å². The van der Waals surface area contributed by atoms with Crippen LogP contribution in [0.3, 0.4) is 0 Å². The van der Waals surface area contributed by atoms with E-state index < -0.39 is 7.44 Å². The molecular weight excluding hydrogens is 231 g/mol. The van der Waals surface area contributed by atoms with Crippen molar-refractivity contribution >= 4 is 24.3 Å². The number of rotatable bonds is 3. The van der Waals surface area contributed by atoms with E-state index in [-0.39, 0.29) is 0 Å². The first kappa shape index (κ1) is 9.86. The summed E-state index contributed by atoms with van der Waals surface area (Å²) in [5.41, 5.74) is 0. The molecule has 5 heteroatoms. The van der Waals surface area contributed by atoms with E-state index in [9.17, 15) is 4.57 Å². The standard InChI is InChI=1S/C10H12ClN2OP/c11-9-1-3-10(4-2-9)15(14,12-5-6-12)13-7-8-13/h1-4H,5-8H2. The zero-order chi connectivity index (χ0) is 10.5. The molecule has 2 heterocycles. The van der Waals surface area contributed by atoms with Gasteiger partial charge in [-0.2, -0.15) is 0 Å². The van der Waals surface area contributed by atoms with Crippen molar-refractivity contribution in [2.75, 3.05) is 26.2 Å². The predicted octanol–water partition coefficient (Wildman–Crippen LogP) is 1.79. The highest BCUT2D eigenvalue weighted by Gasteiger charge is 2.48. The molecule has 3 rings (SSSR count). The van der Waals surface area contributed by atoms with Crippen molar-refractivity contribution in [3.8, 4) is 0 Å². The molecule has 15 heavy (non-hydrogen) atoms. The highest BCUT2D eigenvalue weighted by molar-refractivity contribution is 7.67. The molecule has 1 aromatic carbocycles. The summed E-state index contributed by atoms with van der Waals surface area (Å²) in [6.45, 7) is 3.82. The Bertz CT molecular complexity index is 410. The van der Waals surface area contributed by atoms with Crippen molar-refractivity contribution in [2.45, 2.75) is 0 Å². The molecule has 0 spiro atoms. The molecule has 3 nitrogen and oxygen atoms in total. The van der Waals surface area contributed by atoms with Crippen LogP contribution in [0.25, 0.3) is 0 Å². The molecular formula is C10H12ClN2OP. The minimum absolute atomic E-state index is 0.696. The first-order chi connectivity index (χ1) is 7.21. The summed E-state index contributed by atoms with van der Waals surface area (Å²) in [5, 5.41) is 1.61. The Labute approximate surface area is 94.1 Å². The number of halogens is 1. The maximum absolute atomic E-state index is 12.9. The van der Waals surface area contributed by atoms with Gasteiger partial charge in [0.15, 0.2) is 0 Å². The molecule has 2 aliphatic rings. The van der Waals surface area contributed by atoms with Crippen LogP contribution in [0, 0.1) is 0 Å². The summed E-state index contributed by atoms with van der Waals surface area (Å²) in [5.74, 6) is 0. The zero-order valence-electron chi connectivity index (χ0n) is 8.27. The number of hydrogen-bond donors (Lipinski definition) is 0. The van der Waals surface area contributed by atoms with E-state index in [0.717, 1.165) is 31.5 Å². The Balaban J connectivity index is 2.01. The quantitative estimate of drug-likeness (QED) is 0.596. The van der Waals surface area contributed by atoms with Crippen LogP contribution in [0.15, 0.2) is 24.3 Å². The lowest BCUT2D eigenvalue weighted by atomic mass is 10.4. The van der Waals surface area contributed by atoms with Crippen LogP contribution >= 0.6 is 19.0 Å². The topological polar surface area (TPSA) is 23.1 Å². The molecule has 0 amide bonds. The van der Waals surface area contributed by atoms with Crippen molar-refractivity contribution in [1.29, 1.82) is 0 Å². The SMILES string of the molecule is O=P(c1ccc(Cl)cc1)(N1CC1)N1CC1. The fourth-order valence-electron chi connectivity index (χ4n) is 1.77. The second-order valence-corrected chi connectivity index (χ2v) is 7.10. The summed E-state index contributed by atoms with van der Waals surface area (Å²) in [4.78, 5) is 0. The predicted molar refractivity (Wildman–Crippen MR) is 61.8 cm³/mol. The summed E-state index contributed by atoms with van der Waals surface area (Å²) in [6, 6.07) is 7.41. The first-order valence-electron chi connectivity index (χ1n) is 5.08. The van der Waals surface area contributed by atoms with Crippen LogP contribution < -0.4 is 5.30 Å². The molecule has 2 fully saturated rings. The minimum Gasteiger partial charge on any atom is -0.284 e. The maximum Gasteiger partial charge on any atom is 0.245 e. The van der Waals surface area contributed by atoms with E-state index in [4.69, 9.17) is 11.6 Å². The van der Waals surface area contributed by atoms with Gasteiger partial charge in [0.25, 0.3) is 0 Å². The van der Waals surface area contributed by atoms with Crippen molar-refractivity contribution < 1.29 is 4.57 Å². The smallest absolute Gasteiger partial charge is 0.245 e. The van der Waals surface area contributed by atoms with Gasteiger partial charge in [-0.05, 0) is 24.3 Å². The van der Waals surface area contributed by atoms with E-state index in [1.54, 1.807) is 0 Å². The van der Waals surface area contributed by atoms with E-state index >= 15 is 0 Å². The highest BCUT2D eigenvalue weighted by Crippen LogP contribution is 2.58. The molecule has 0 atom stereocenters. The second kappa shape index (κ2) is 3.33. The van der Waals surface area contributed by atoms with Crippen LogP contribution in [0.5, 0.6) is 0 Å². The van der Waals surface area contributed by atoms with Crippen LogP contribution in [0.2, 0.25) is 5.02 Å². The lowest BCUT2D eigenvalue weighted by molar-refractivity contribution is 0.529. The monoisotopic (exact) mass is 242 g/mol. The molecule has 0 aromatic heterocycles. The fourth-order valence-corrected chi connectivity index (χ4v) is 4.71. The first-order valence-corrected chi connectivity index (χ1v) is 7.07. The lowest BCUT2D eigenvalue weighted by Crippen LogP contribution is -2.16. The normalized spacial score (nSPS) is 21.7. The van der Waals surface area contributed by atoms with Gasteiger partial charge >= 0.3 is 0 Å². The molecule has 2 saturated heterocycles. The van der Waals surface area contributed by atoms with Crippen LogP contribution in [0.1, 0.15) is 0 Å². The third kappa shape index (κ3) is 1.64. The fraction of sp³-hybridized carbons (Fsp3) is 0.400. The summed E-state index contributed by atoms with van der Waals surface area (Å²) >= 11 is 5.84. The Kier molecular flexibility index (Phi) is 2.18. The third-order valence-corrected chi connectivity index (χ3v) is 6.33. The summed E-state index contributed by atoms with van der Waals surface area (Å²) in [6.07, 6.45) is 0. The number of benzene rings is 1. The van der Waals surface area contributed by atoms with Crippen LogP contribution in [-0.4, -0.2) is 35.5 Å². The molecule has 80 valence electrons. The molecule has 0 radical (unpaired) electrons. The average Bonchev–Trinajstić information content (AvgIpc) is 3.07.